The van der Waals surface area contributed by atoms with Crippen LogP contribution in [0.25, 0.3) is 0 Å². The summed E-state index contributed by atoms with van der Waals surface area (Å²) < 4.78 is 32.7. The number of sulfonamides is 1. The van der Waals surface area contributed by atoms with Crippen LogP contribution in [0.4, 0.5) is 0 Å². The highest BCUT2D eigenvalue weighted by atomic mass is 32.2. The van der Waals surface area contributed by atoms with Gasteiger partial charge in [0.15, 0.2) is 0 Å². The van der Waals surface area contributed by atoms with Crippen LogP contribution >= 0.6 is 0 Å². The molecular formula is C15H26N4O5S. The van der Waals surface area contributed by atoms with E-state index in [2.05, 4.69) is 15.1 Å². The molecule has 0 amide bonds. The number of H-pyrrole nitrogens is 1. The van der Waals surface area contributed by atoms with Gasteiger partial charge in [0.05, 0.1) is 12.3 Å². The molecule has 2 aliphatic rings. The van der Waals surface area contributed by atoms with Crippen molar-refractivity contribution in [2.75, 3.05) is 39.3 Å². The third kappa shape index (κ3) is 5.77. The molecule has 25 heavy (non-hydrogen) atoms. The molecule has 3 heterocycles. The zero-order valence-corrected chi connectivity index (χ0v) is 15.0. The minimum absolute atomic E-state index is 0.0534. The van der Waals surface area contributed by atoms with E-state index in [1.807, 2.05) is 0 Å². The predicted octanol–water partition coefficient (Wildman–Crippen LogP) is 0.376. The van der Waals surface area contributed by atoms with Crippen molar-refractivity contribution >= 4 is 16.5 Å². The number of likely N-dealkylation sites (tertiary alicyclic amines) is 1. The van der Waals surface area contributed by atoms with E-state index >= 15 is 0 Å². The number of carbonyl (C=O) groups is 1. The van der Waals surface area contributed by atoms with E-state index < -0.39 is 10.0 Å². The van der Waals surface area contributed by atoms with Gasteiger partial charge in [0, 0.05) is 32.4 Å². The number of piperidine rings is 1. The van der Waals surface area contributed by atoms with Crippen LogP contribution in [0.3, 0.4) is 0 Å². The van der Waals surface area contributed by atoms with Gasteiger partial charge in [0.1, 0.15) is 4.90 Å². The maximum Gasteiger partial charge on any atom is 0.290 e. The second-order valence-electron chi connectivity index (χ2n) is 6.11. The number of ether oxygens (including phenoxy) is 1. The summed E-state index contributed by atoms with van der Waals surface area (Å²) in [5.74, 6) is 0. The van der Waals surface area contributed by atoms with Crippen molar-refractivity contribution in [1.29, 1.82) is 0 Å². The van der Waals surface area contributed by atoms with Crippen molar-refractivity contribution in [2.24, 2.45) is 0 Å². The number of aromatic amines is 1. The second-order valence-corrected chi connectivity index (χ2v) is 8.05. The molecule has 0 spiro atoms. The van der Waals surface area contributed by atoms with Crippen LogP contribution in [-0.4, -0.2) is 84.8 Å². The van der Waals surface area contributed by atoms with Gasteiger partial charge in [-0.15, -0.1) is 0 Å². The Morgan fingerprint density at radius 3 is 2.64 bits per heavy atom. The van der Waals surface area contributed by atoms with Gasteiger partial charge >= 0.3 is 0 Å². The highest BCUT2D eigenvalue weighted by Gasteiger charge is 2.30. The molecule has 2 fully saturated rings. The lowest BCUT2D eigenvalue weighted by molar-refractivity contribution is -0.122. The Hall–Kier alpha value is -1.49. The van der Waals surface area contributed by atoms with Crippen LogP contribution in [0, 0.1) is 0 Å². The summed E-state index contributed by atoms with van der Waals surface area (Å²) in [6.07, 6.45) is 7.22. The van der Waals surface area contributed by atoms with E-state index in [4.69, 9.17) is 14.6 Å². The van der Waals surface area contributed by atoms with E-state index in [9.17, 15) is 8.42 Å². The van der Waals surface area contributed by atoms with E-state index in [1.54, 1.807) is 4.31 Å². The van der Waals surface area contributed by atoms with Crippen LogP contribution in [0.15, 0.2) is 17.3 Å². The number of aromatic nitrogens is 2. The average Bonchev–Trinajstić information content (AvgIpc) is 3.05. The largest absolute Gasteiger partial charge is 0.483 e. The maximum atomic E-state index is 12.6. The van der Waals surface area contributed by atoms with Crippen molar-refractivity contribution in [2.45, 2.75) is 36.7 Å². The number of hydrogen-bond donors (Lipinski definition) is 2. The van der Waals surface area contributed by atoms with Gasteiger partial charge in [-0.1, -0.05) is 6.42 Å². The van der Waals surface area contributed by atoms with E-state index in [0.29, 0.717) is 19.7 Å². The Labute approximate surface area is 148 Å². The zero-order chi connectivity index (χ0) is 18.1. The molecule has 1 unspecified atom stereocenters. The molecule has 3 rings (SSSR count). The molecule has 0 aromatic carbocycles. The lowest BCUT2D eigenvalue weighted by Crippen LogP contribution is -2.43. The molecule has 1 aromatic rings. The van der Waals surface area contributed by atoms with Crippen molar-refractivity contribution in [3.05, 3.63) is 12.4 Å². The summed E-state index contributed by atoms with van der Waals surface area (Å²) >= 11 is 0. The summed E-state index contributed by atoms with van der Waals surface area (Å²) in [4.78, 5) is 11.0. The quantitative estimate of drug-likeness (QED) is 0.732. The molecule has 1 atom stereocenters. The summed E-state index contributed by atoms with van der Waals surface area (Å²) in [5.41, 5.74) is 0. The summed E-state index contributed by atoms with van der Waals surface area (Å²) in [6, 6.07) is 0. The van der Waals surface area contributed by atoms with Gasteiger partial charge in [-0.05, 0) is 32.4 Å². The summed E-state index contributed by atoms with van der Waals surface area (Å²) in [6.45, 7) is 4.30. The van der Waals surface area contributed by atoms with Gasteiger partial charge in [-0.25, -0.2) is 8.42 Å². The first kappa shape index (κ1) is 19.8. The van der Waals surface area contributed by atoms with Gasteiger partial charge in [-0.2, -0.15) is 9.40 Å². The molecule has 0 radical (unpaired) electrons. The fourth-order valence-corrected chi connectivity index (χ4v) is 4.57. The zero-order valence-electron chi connectivity index (χ0n) is 14.2. The Morgan fingerprint density at radius 1 is 1.28 bits per heavy atom. The van der Waals surface area contributed by atoms with Crippen LogP contribution in [0.1, 0.15) is 25.7 Å². The van der Waals surface area contributed by atoms with Crippen LogP contribution in [0.2, 0.25) is 0 Å². The Bertz CT molecular complexity index is 601. The number of rotatable bonds is 4. The lowest BCUT2D eigenvalue weighted by atomic mass is 10.1. The second kappa shape index (κ2) is 9.85. The minimum Gasteiger partial charge on any atom is -0.483 e. The fourth-order valence-electron chi connectivity index (χ4n) is 3.15. The molecule has 2 saturated heterocycles. The van der Waals surface area contributed by atoms with Crippen molar-refractivity contribution < 1.29 is 23.1 Å². The fraction of sp³-hybridized carbons (Fsp3) is 0.733. The summed E-state index contributed by atoms with van der Waals surface area (Å²) in [7, 11) is -3.47. The van der Waals surface area contributed by atoms with Crippen molar-refractivity contribution in [3.63, 3.8) is 0 Å². The molecule has 142 valence electrons. The minimum atomic E-state index is -3.47. The first-order valence-corrected chi connectivity index (χ1v) is 9.92. The lowest BCUT2D eigenvalue weighted by Gasteiger charge is -2.31. The Morgan fingerprint density at radius 2 is 2.00 bits per heavy atom. The normalized spacial score (nSPS) is 23.3. The third-order valence-corrected chi connectivity index (χ3v) is 6.16. The molecular weight excluding hydrogens is 348 g/mol. The van der Waals surface area contributed by atoms with Gasteiger partial charge in [0.2, 0.25) is 10.0 Å². The van der Waals surface area contributed by atoms with Crippen LogP contribution in [0.5, 0.6) is 0 Å². The number of carboxylic acid groups (broad SMARTS) is 1. The Balaban J connectivity index is 0.000000701. The van der Waals surface area contributed by atoms with E-state index in [0.717, 1.165) is 26.1 Å². The van der Waals surface area contributed by atoms with Crippen LogP contribution < -0.4 is 0 Å². The molecule has 2 aliphatic heterocycles. The third-order valence-electron chi connectivity index (χ3n) is 4.33. The Kier molecular flexibility index (Phi) is 7.82. The molecule has 10 heteroatoms. The van der Waals surface area contributed by atoms with Gasteiger partial charge in [-0.3, -0.25) is 9.89 Å². The topological polar surface area (TPSA) is 116 Å². The van der Waals surface area contributed by atoms with E-state index in [1.165, 1.54) is 31.7 Å². The number of nitrogens with zero attached hydrogens (tertiary/aromatic N) is 3. The van der Waals surface area contributed by atoms with Gasteiger partial charge < -0.3 is 14.7 Å². The van der Waals surface area contributed by atoms with Crippen LogP contribution in [-0.2, 0) is 19.6 Å². The first-order chi connectivity index (χ1) is 12.1. The SMILES string of the molecule is O=CO.O=S(=O)(c1cn[nH]c1)N1CCCOC(CN2CCCCC2)C1. The predicted molar refractivity (Wildman–Crippen MR) is 90.7 cm³/mol. The monoisotopic (exact) mass is 374 g/mol. The van der Waals surface area contributed by atoms with Crippen molar-refractivity contribution in [1.82, 2.24) is 19.4 Å². The number of hydrogen-bond acceptors (Lipinski definition) is 6. The van der Waals surface area contributed by atoms with E-state index in [-0.39, 0.29) is 17.5 Å². The number of nitrogens with one attached hydrogen (secondary N) is 1. The summed E-state index contributed by atoms with van der Waals surface area (Å²) in [5, 5.41) is 13.2. The smallest absolute Gasteiger partial charge is 0.290 e. The standard InChI is InChI=1S/C14H24N4O3S.CH2O2/c19-22(20,14-9-15-16-10-14)18-7-4-8-21-13(12-18)11-17-5-2-1-3-6-17;2-1-3/h9-10,13H,1-8,11-12H2,(H,15,16);1H,(H,2,3). The molecule has 2 N–H and O–H groups in total. The average molecular weight is 374 g/mol. The first-order valence-electron chi connectivity index (χ1n) is 8.48. The highest BCUT2D eigenvalue weighted by Crippen LogP contribution is 2.19. The molecule has 9 nitrogen and oxygen atoms in total. The maximum absolute atomic E-state index is 12.6. The molecule has 0 saturated carbocycles. The molecule has 0 aliphatic carbocycles. The van der Waals surface area contributed by atoms with Gasteiger partial charge in [0.25, 0.3) is 6.47 Å². The van der Waals surface area contributed by atoms with Crippen molar-refractivity contribution in [3.8, 4) is 0 Å². The highest BCUT2D eigenvalue weighted by molar-refractivity contribution is 7.89. The molecule has 0 bridgehead atoms. The molecule has 1 aromatic heterocycles.